The van der Waals surface area contributed by atoms with Crippen LogP contribution in [-0.4, -0.2) is 150 Å². The zero-order valence-electron chi connectivity index (χ0n) is 49.8. The third-order valence-corrected chi connectivity index (χ3v) is 22.3. The summed E-state index contributed by atoms with van der Waals surface area (Å²) < 4.78 is 42.2. The molecule has 3 atom stereocenters. The van der Waals surface area contributed by atoms with E-state index in [0.29, 0.717) is 109 Å². The number of nitrogens with zero attached hydrogens (tertiary/aromatic N) is 11. The predicted octanol–water partition coefficient (Wildman–Crippen LogP) is 10.0. The van der Waals surface area contributed by atoms with Crippen LogP contribution in [0.5, 0.6) is 34.5 Å². The van der Waals surface area contributed by atoms with E-state index in [-0.39, 0.29) is 12.7 Å². The fourth-order valence-electron chi connectivity index (χ4n) is 12.0. The lowest BCUT2D eigenvalue weighted by Crippen LogP contribution is -2.31. The molecule has 2 amide bonds. The van der Waals surface area contributed by atoms with Gasteiger partial charge in [0.05, 0.1) is 21.6 Å². The van der Waals surface area contributed by atoms with Crippen molar-refractivity contribution in [2.45, 2.75) is 88.3 Å². The molecule has 6 aliphatic heterocycles. The third-order valence-electron chi connectivity index (χ3n) is 16.9. The Morgan fingerprint density at radius 3 is 1.50 bits per heavy atom. The number of nitrogens with one attached hydrogen (secondary N) is 1. The predicted molar refractivity (Wildman–Crippen MR) is 358 cm³/mol. The van der Waals surface area contributed by atoms with Gasteiger partial charge in [-0.2, -0.15) is 0 Å². The second-order valence-corrected chi connectivity index (χ2v) is 27.9. The normalized spacial score (nSPS) is 17.9. The van der Waals surface area contributed by atoms with Gasteiger partial charge in [0, 0.05) is 94.1 Å². The van der Waals surface area contributed by atoms with Gasteiger partial charge in [-0.1, -0.05) is 35.1 Å². The number of aromatic nitrogens is 9. The number of aliphatic hydroxyl groups excluding tert-OH is 1. The molecule has 0 saturated carbocycles. The fraction of sp³-hybridized carbons (Fsp3) is 0.387. The minimum atomic E-state index is -0.442. The van der Waals surface area contributed by atoms with Gasteiger partial charge in [-0.25, -0.2) is 29.9 Å². The van der Waals surface area contributed by atoms with E-state index in [1.807, 2.05) is 53.4 Å². The Hall–Kier alpha value is -7.12. The quantitative estimate of drug-likeness (QED) is 0.0529. The lowest BCUT2D eigenvalue weighted by atomic mass is 10.1. The van der Waals surface area contributed by atoms with E-state index in [1.54, 1.807) is 53.1 Å². The van der Waals surface area contributed by atoms with Gasteiger partial charge >= 0.3 is 0 Å². The van der Waals surface area contributed by atoms with Crippen molar-refractivity contribution in [3.05, 3.63) is 87.2 Å². The van der Waals surface area contributed by atoms with Crippen LogP contribution in [-0.2, 0) is 29.2 Å². The van der Waals surface area contributed by atoms with Gasteiger partial charge in [0.1, 0.15) is 49.6 Å². The highest BCUT2D eigenvalue weighted by Gasteiger charge is 2.29. The summed E-state index contributed by atoms with van der Waals surface area (Å²) in [6, 6.07) is 17.3. The van der Waals surface area contributed by atoms with Crippen molar-refractivity contribution in [3.63, 3.8) is 0 Å². The number of fused-ring (bicyclic) bond motifs is 6. The van der Waals surface area contributed by atoms with Gasteiger partial charge in [-0.05, 0) is 162 Å². The topological polar surface area (TPSA) is 298 Å². The number of rotatable bonds is 17. The Kier molecular flexibility index (Phi) is 19.8. The Balaban J connectivity index is 0.000000126. The number of nitrogens with two attached hydrogens (primary N) is 3. The van der Waals surface area contributed by atoms with Crippen LogP contribution in [0.3, 0.4) is 0 Å². The minimum absolute atomic E-state index is 0.178. The molecule has 15 rings (SSSR count). The highest BCUT2D eigenvalue weighted by atomic mass is 79.9. The fourth-order valence-corrected chi connectivity index (χ4v) is 16.3. The standard InChI is InChI=1S/C21H22BrN5O3S.C21H22ClN5O4S.C20H22BrN5O2S/c22-14-9-16-17(30-8-7-29-16)10-18(14)31-21-25-19-15(1-4-24-20(19)23)27(21)6-3-13-2-5-26(11-13)12-28;22-13-7-15-16(31-11-30-15)8-17(13)32-21-25-19-14(1-4-24-20(19)23)27(21)6-3-12-2-5-26(9-12)18(29)10-28;21-13-9-15-16(28-8-7-27-15)10-17(13)29-20-25-18-14(2-5-24-19(18)22)26(20)6-3-12-1-4-23-11-12/h1,4,9-10,12-13H,2-3,5-8,11H2,(H2,23,24);1,4,7-8,12,28H,2-3,5-6,9-11H2,(H2,23,24);2,5,9-10,12,23H,1,3-4,6-8,11H2,(H2,22,24). The first-order valence-corrected chi connectivity index (χ1v) is 34.7. The molecule has 482 valence electrons. The molecule has 0 bridgehead atoms. The summed E-state index contributed by atoms with van der Waals surface area (Å²) in [7, 11) is 0. The molecule has 6 aromatic heterocycles. The molecule has 0 aliphatic carbocycles. The van der Waals surface area contributed by atoms with Crippen molar-refractivity contribution in [2.75, 3.05) is 96.3 Å². The van der Waals surface area contributed by atoms with Crippen LogP contribution in [0.25, 0.3) is 33.1 Å². The first-order chi connectivity index (χ1) is 44.8. The van der Waals surface area contributed by atoms with E-state index in [4.69, 9.17) is 77.3 Å². The molecule has 0 radical (unpaired) electrons. The number of carbonyl (C=O) groups excluding carboxylic acids is 2. The molecule has 92 heavy (non-hydrogen) atoms. The zero-order chi connectivity index (χ0) is 63.4. The number of anilines is 3. The van der Waals surface area contributed by atoms with Gasteiger partial charge in [0.2, 0.25) is 19.1 Å². The Morgan fingerprint density at radius 2 is 1.03 bits per heavy atom. The average molecular weight is 1460 g/mol. The van der Waals surface area contributed by atoms with Crippen molar-refractivity contribution < 1.29 is 43.1 Å². The summed E-state index contributed by atoms with van der Waals surface area (Å²) in [5.74, 6) is 6.88. The van der Waals surface area contributed by atoms with E-state index in [2.05, 4.69) is 65.8 Å². The lowest BCUT2D eigenvalue weighted by molar-refractivity contribution is -0.133. The van der Waals surface area contributed by atoms with Crippen LogP contribution in [0.1, 0.15) is 38.5 Å². The summed E-state index contributed by atoms with van der Waals surface area (Å²) in [6.07, 6.45) is 12.2. The van der Waals surface area contributed by atoms with Gasteiger partial charge in [-0.3, -0.25) is 9.59 Å². The second kappa shape index (κ2) is 28.6. The van der Waals surface area contributed by atoms with Crippen LogP contribution < -0.4 is 50.9 Å². The molecule has 6 aliphatic rings. The molecule has 3 fully saturated rings. The number of hydrogen-bond acceptors (Lipinski definition) is 22. The van der Waals surface area contributed by atoms with Gasteiger partial charge in [0.15, 0.2) is 67.4 Å². The zero-order valence-corrected chi connectivity index (χ0v) is 56.2. The van der Waals surface area contributed by atoms with Crippen molar-refractivity contribution in [1.82, 2.24) is 58.7 Å². The van der Waals surface area contributed by atoms with Crippen molar-refractivity contribution in [1.29, 1.82) is 0 Å². The van der Waals surface area contributed by atoms with Crippen molar-refractivity contribution in [3.8, 4) is 34.5 Å². The van der Waals surface area contributed by atoms with Gasteiger partial charge < -0.3 is 79.5 Å². The summed E-state index contributed by atoms with van der Waals surface area (Å²) in [6.45, 7) is 9.55. The number of aliphatic hydroxyl groups is 1. The molecule has 9 aromatic rings. The SMILES string of the molecule is Nc1nccc2c1nc(Sc1cc3c(cc1Br)OCCO3)n2CCC1CCN(C=O)C1.Nc1nccc2c1nc(Sc1cc3c(cc1Br)OCCO3)n2CCC1CCNC1.Nc1nccc2c1nc(Sc1cc3c(cc1Cl)OCO3)n2CCC1CCN(C(=O)CO)C1. The molecule has 0 spiro atoms. The first kappa shape index (κ1) is 63.6. The molecule has 30 heteroatoms. The Morgan fingerprint density at radius 1 is 0.598 bits per heavy atom. The summed E-state index contributed by atoms with van der Waals surface area (Å²) in [4.78, 5) is 56.2. The molecule has 24 nitrogen and oxygen atoms in total. The number of imidazole rings is 3. The number of pyridine rings is 3. The maximum Gasteiger partial charge on any atom is 0.248 e. The smallest absolute Gasteiger partial charge is 0.248 e. The third kappa shape index (κ3) is 14.0. The van der Waals surface area contributed by atoms with E-state index in [0.717, 1.165) is 162 Å². The van der Waals surface area contributed by atoms with Crippen LogP contribution in [0.4, 0.5) is 17.5 Å². The van der Waals surface area contributed by atoms with Crippen LogP contribution in [0, 0.1) is 17.8 Å². The minimum Gasteiger partial charge on any atom is -0.486 e. The molecular formula is C62H66Br2ClN15O9S3. The number of ether oxygens (including phenoxy) is 6. The molecule has 3 unspecified atom stereocenters. The van der Waals surface area contributed by atoms with E-state index in [1.165, 1.54) is 18.2 Å². The first-order valence-electron chi connectivity index (χ1n) is 30.3. The number of benzene rings is 3. The van der Waals surface area contributed by atoms with E-state index >= 15 is 0 Å². The van der Waals surface area contributed by atoms with Crippen molar-refractivity contribution >= 4 is 142 Å². The molecule has 12 heterocycles. The maximum atomic E-state index is 11.8. The monoisotopic (exact) mass is 1450 g/mol. The number of likely N-dealkylation sites (tertiary alicyclic amines) is 2. The molecule has 3 aromatic carbocycles. The molecule has 8 N–H and O–H groups in total. The van der Waals surface area contributed by atoms with Crippen LogP contribution in [0.15, 0.2) is 112 Å². The van der Waals surface area contributed by atoms with Crippen LogP contribution >= 0.6 is 78.7 Å². The van der Waals surface area contributed by atoms with E-state index in [9.17, 15) is 9.59 Å². The van der Waals surface area contributed by atoms with E-state index < -0.39 is 6.61 Å². The summed E-state index contributed by atoms with van der Waals surface area (Å²) >= 11 is 18.4. The average Bonchev–Trinajstić information content (AvgIpc) is 1.66. The van der Waals surface area contributed by atoms with Crippen LogP contribution in [0.2, 0.25) is 5.02 Å². The number of halogens is 3. The second-order valence-electron chi connectivity index (χ2n) is 22.8. The highest BCUT2D eigenvalue weighted by molar-refractivity contribution is 9.10. The number of aryl methyl sites for hydroxylation is 3. The highest BCUT2D eigenvalue weighted by Crippen LogP contribution is 2.47. The molecule has 3 saturated heterocycles. The van der Waals surface area contributed by atoms with Gasteiger partial charge in [-0.15, -0.1) is 0 Å². The molecular weight excluding hydrogens is 1390 g/mol. The number of amides is 2. The van der Waals surface area contributed by atoms with Gasteiger partial charge in [0.25, 0.3) is 0 Å². The Bertz CT molecular complexity index is 4220. The summed E-state index contributed by atoms with van der Waals surface area (Å²) in [5, 5.41) is 15.6. The Labute approximate surface area is 563 Å². The maximum absolute atomic E-state index is 11.8. The number of carbonyl (C=O) groups is 2. The summed E-state index contributed by atoms with van der Waals surface area (Å²) in [5.41, 5.74) is 23.3. The lowest BCUT2D eigenvalue weighted by Gasteiger charge is -2.20. The largest absolute Gasteiger partial charge is 0.486 e. The number of hydrogen-bond donors (Lipinski definition) is 5. The number of nitrogen functional groups attached to an aromatic ring is 3. The van der Waals surface area contributed by atoms with Crippen molar-refractivity contribution in [2.24, 2.45) is 17.8 Å².